The van der Waals surface area contributed by atoms with Crippen molar-refractivity contribution in [1.82, 2.24) is 5.32 Å². The Morgan fingerprint density at radius 1 is 0.714 bits per heavy atom. The van der Waals surface area contributed by atoms with Gasteiger partial charge in [-0.1, -0.05) is 25.0 Å². The van der Waals surface area contributed by atoms with Crippen LogP contribution in [0.4, 0.5) is 0 Å². The van der Waals surface area contributed by atoms with E-state index in [1.54, 1.807) is 0 Å². The Balaban J connectivity index is 0.000000140. The first-order valence-corrected chi connectivity index (χ1v) is 5.32. The summed E-state index contributed by atoms with van der Waals surface area (Å²) in [6, 6.07) is 0. The number of nitrogens with one attached hydrogen (secondary N) is 1. The van der Waals surface area contributed by atoms with E-state index in [4.69, 9.17) is 4.74 Å². The minimum Gasteiger partial charge on any atom is -0.381 e. The summed E-state index contributed by atoms with van der Waals surface area (Å²) in [6.45, 7) is 2.00. The molecule has 2 aliphatic heterocycles. The zero-order valence-corrected chi connectivity index (χ0v) is 8.61. The fourth-order valence-electron chi connectivity index (χ4n) is 1.27. The molecule has 2 rings (SSSR count). The summed E-state index contributed by atoms with van der Waals surface area (Å²) >= 11 is 0. The van der Waals surface area contributed by atoms with E-state index in [2.05, 4.69) is 5.32 Å². The predicted molar refractivity (Wildman–Crippen MR) is 59.8 cm³/mol. The van der Waals surface area contributed by atoms with Gasteiger partial charge in [-0.15, -0.1) is 0 Å². The highest BCUT2D eigenvalue weighted by Crippen LogP contribution is 2.04. The second-order valence-corrected chi connectivity index (χ2v) is 3.30. The average molecular weight is 193 g/mol. The third-order valence-corrected chi connectivity index (χ3v) is 2.05. The molecule has 0 aromatic carbocycles. The van der Waals surface area contributed by atoms with Gasteiger partial charge in [0.2, 0.25) is 0 Å². The Morgan fingerprint density at radius 3 is 1.86 bits per heavy atom. The van der Waals surface area contributed by atoms with Crippen LogP contribution < -0.4 is 5.32 Å². The summed E-state index contributed by atoms with van der Waals surface area (Å²) in [4.78, 5) is 0. The molecule has 14 heavy (non-hydrogen) atoms. The van der Waals surface area contributed by atoms with E-state index in [9.17, 15) is 0 Å². The molecule has 0 bridgehead atoms. The Labute approximate surface area is 86.3 Å². The van der Waals surface area contributed by atoms with Gasteiger partial charge in [0.25, 0.3) is 0 Å². The molecule has 2 heteroatoms. The molecule has 1 fully saturated rings. The second-order valence-electron chi connectivity index (χ2n) is 3.30. The molecule has 0 aliphatic carbocycles. The zero-order chi connectivity index (χ0) is 9.90. The van der Waals surface area contributed by atoms with Gasteiger partial charge in [0.15, 0.2) is 0 Å². The average Bonchev–Trinajstić information content (AvgIpc) is 2.68. The van der Waals surface area contributed by atoms with Crippen molar-refractivity contribution in [2.45, 2.75) is 25.7 Å². The lowest BCUT2D eigenvalue weighted by atomic mass is 10.2. The molecule has 1 N–H and O–H groups in total. The summed E-state index contributed by atoms with van der Waals surface area (Å²) < 4.78 is 5.19. The van der Waals surface area contributed by atoms with E-state index in [0.29, 0.717) is 0 Å². The maximum Gasteiger partial charge on any atom is 0.0466 e. The van der Waals surface area contributed by atoms with Crippen LogP contribution in [-0.2, 0) is 4.74 Å². The number of hydrogen-bond donors (Lipinski definition) is 1. The molecule has 0 aromatic heterocycles. The summed E-state index contributed by atoms with van der Waals surface area (Å²) in [5.74, 6) is 0. The maximum atomic E-state index is 5.19. The first kappa shape index (κ1) is 11.1. The number of hydrogen-bond acceptors (Lipinski definition) is 2. The van der Waals surface area contributed by atoms with Crippen LogP contribution in [0.15, 0.2) is 36.7 Å². The lowest BCUT2D eigenvalue weighted by Crippen LogP contribution is -1.89. The summed E-state index contributed by atoms with van der Waals surface area (Å²) in [6.07, 6.45) is 16.9. The van der Waals surface area contributed by atoms with Gasteiger partial charge in [-0.3, -0.25) is 0 Å². The van der Waals surface area contributed by atoms with Gasteiger partial charge in [-0.05, 0) is 25.0 Å². The third-order valence-electron chi connectivity index (χ3n) is 2.05. The van der Waals surface area contributed by atoms with Crippen LogP contribution in [0.5, 0.6) is 0 Å². The highest BCUT2D eigenvalue weighted by atomic mass is 16.5. The highest BCUT2D eigenvalue weighted by molar-refractivity contribution is 5.14. The van der Waals surface area contributed by atoms with Crippen LogP contribution in [0.3, 0.4) is 0 Å². The Hall–Kier alpha value is -1.02. The van der Waals surface area contributed by atoms with Crippen LogP contribution in [-0.4, -0.2) is 13.2 Å². The van der Waals surface area contributed by atoms with E-state index in [0.717, 1.165) is 13.2 Å². The van der Waals surface area contributed by atoms with Gasteiger partial charge in [-0.25, -0.2) is 0 Å². The van der Waals surface area contributed by atoms with Crippen molar-refractivity contribution in [3.63, 3.8) is 0 Å². The van der Waals surface area contributed by atoms with Gasteiger partial charge >= 0.3 is 0 Å². The van der Waals surface area contributed by atoms with Crippen LogP contribution in [0.25, 0.3) is 0 Å². The van der Waals surface area contributed by atoms with E-state index >= 15 is 0 Å². The molecule has 1 saturated heterocycles. The smallest absolute Gasteiger partial charge is 0.0466 e. The monoisotopic (exact) mass is 193 g/mol. The molecule has 2 heterocycles. The SMILES string of the molecule is C1=CC=CNC=C1.C1CCCOCC1. The topological polar surface area (TPSA) is 21.3 Å². The van der Waals surface area contributed by atoms with Gasteiger partial charge in [0.1, 0.15) is 0 Å². The molecule has 0 spiro atoms. The van der Waals surface area contributed by atoms with Crippen LogP contribution in [0.1, 0.15) is 25.7 Å². The molecular weight excluding hydrogens is 174 g/mol. The van der Waals surface area contributed by atoms with Gasteiger partial charge in [-0.2, -0.15) is 0 Å². The standard InChI is InChI=1S/C6H7N.C6H12O/c2*1-2-4-6-7-5-3-1/h1-7H;1-6H2. The molecule has 78 valence electrons. The lowest BCUT2D eigenvalue weighted by molar-refractivity contribution is 0.144. The first-order chi connectivity index (χ1) is 7.00. The molecule has 0 atom stereocenters. The normalized spacial score (nSPS) is 20.0. The van der Waals surface area contributed by atoms with Gasteiger partial charge in [0, 0.05) is 25.6 Å². The van der Waals surface area contributed by atoms with E-state index in [1.807, 2.05) is 36.7 Å². The molecule has 0 radical (unpaired) electrons. The van der Waals surface area contributed by atoms with Crippen LogP contribution in [0, 0.1) is 0 Å². The van der Waals surface area contributed by atoms with Crippen molar-refractivity contribution in [2.24, 2.45) is 0 Å². The van der Waals surface area contributed by atoms with Crippen LogP contribution in [0.2, 0.25) is 0 Å². The molecule has 2 aliphatic rings. The molecule has 2 nitrogen and oxygen atoms in total. The fraction of sp³-hybridized carbons (Fsp3) is 0.500. The number of ether oxygens (including phenoxy) is 1. The maximum absolute atomic E-state index is 5.19. The molecule has 0 amide bonds. The second kappa shape index (κ2) is 8.57. The van der Waals surface area contributed by atoms with Crippen molar-refractivity contribution in [3.8, 4) is 0 Å². The minimum atomic E-state index is 1.00. The molecule has 0 aromatic rings. The Kier molecular flexibility index (Phi) is 6.77. The Bertz CT molecular complexity index is 173. The fourth-order valence-corrected chi connectivity index (χ4v) is 1.27. The quantitative estimate of drug-likeness (QED) is 0.638. The molecule has 0 saturated carbocycles. The minimum absolute atomic E-state index is 1.00. The molecule has 0 unspecified atom stereocenters. The molecular formula is C12H19NO. The number of allylic oxidation sites excluding steroid dienone is 4. The highest BCUT2D eigenvalue weighted by Gasteiger charge is 1.95. The van der Waals surface area contributed by atoms with Gasteiger partial charge in [0.05, 0.1) is 0 Å². The largest absolute Gasteiger partial charge is 0.381 e. The van der Waals surface area contributed by atoms with E-state index in [-0.39, 0.29) is 0 Å². The Morgan fingerprint density at radius 2 is 1.29 bits per heavy atom. The predicted octanol–water partition coefficient (Wildman–Crippen LogP) is 2.75. The van der Waals surface area contributed by atoms with Gasteiger partial charge < -0.3 is 10.1 Å². The number of rotatable bonds is 0. The zero-order valence-electron chi connectivity index (χ0n) is 8.61. The van der Waals surface area contributed by atoms with Crippen molar-refractivity contribution in [3.05, 3.63) is 36.7 Å². The van der Waals surface area contributed by atoms with Crippen molar-refractivity contribution in [1.29, 1.82) is 0 Å². The van der Waals surface area contributed by atoms with Crippen molar-refractivity contribution >= 4 is 0 Å². The van der Waals surface area contributed by atoms with Crippen LogP contribution >= 0.6 is 0 Å². The lowest BCUT2D eigenvalue weighted by Gasteiger charge is -1.91. The summed E-state index contributed by atoms with van der Waals surface area (Å²) in [7, 11) is 0. The first-order valence-electron chi connectivity index (χ1n) is 5.32. The third kappa shape index (κ3) is 6.49. The van der Waals surface area contributed by atoms with Crippen molar-refractivity contribution < 1.29 is 4.74 Å². The summed E-state index contributed by atoms with van der Waals surface area (Å²) in [5.41, 5.74) is 0. The van der Waals surface area contributed by atoms with E-state index in [1.165, 1.54) is 25.7 Å². The van der Waals surface area contributed by atoms with E-state index < -0.39 is 0 Å². The van der Waals surface area contributed by atoms with Crippen molar-refractivity contribution in [2.75, 3.05) is 13.2 Å². The summed E-state index contributed by atoms with van der Waals surface area (Å²) in [5, 5.41) is 2.92.